The molecule has 1 atom stereocenters. The molecule has 0 radical (unpaired) electrons. The van der Waals surface area contributed by atoms with Crippen LogP contribution in [0, 0.1) is 5.82 Å². The van der Waals surface area contributed by atoms with Gasteiger partial charge in [-0.05, 0) is 23.3 Å². The van der Waals surface area contributed by atoms with Crippen LogP contribution < -0.4 is 5.32 Å². The Bertz CT molecular complexity index is 301. The molecule has 0 saturated carbocycles. The van der Waals surface area contributed by atoms with E-state index in [4.69, 9.17) is 0 Å². The van der Waals surface area contributed by atoms with Crippen LogP contribution in [0.2, 0.25) is 0 Å². The van der Waals surface area contributed by atoms with Gasteiger partial charge in [0.15, 0.2) is 0 Å². The Morgan fingerprint density at radius 3 is 3.17 bits per heavy atom. The molecule has 0 bridgehead atoms. The van der Waals surface area contributed by atoms with Gasteiger partial charge in [-0.15, -0.1) is 0 Å². The zero-order chi connectivity index (χ0) is 8.55. The summed E-state index contributed by atoms with van der Waals surface area (Å²) in [6, 6.07) is 4.53. The van der Waals surface area contributed by atoms with Crippen molar-refractivity contribution < 1.29 is 9.50 Å². The molecule has 1 aromatic carbocycles. The van der Waals surface area contributed by atoms with Gasteiger partial charge in [0.2, 0.25) is 0 Å². The minimum atomic E-state index is -0.565. The Labute approximate surface area is 70.0 Å². The van der Waals surface area contributed by atoms with E-state index in [2.05, 4.69) is 5.32 Å². The number of β-amino-alcohol motifs (C(OH)–C–C–N with tert-alkyl or cyclic N) is 1. The lowest BCUT2D eigenvalue weighted by Crippen LogP contribution is -2.27. The number of fused-ring (bicyclic) bond motifs is 1. The second kappa shape index (κ2) is 2.84. The van der Waals surface area contributed by atoms with Gasteiger partial charge in [0, 0.05) is 13.1 Å². The minimum Gasteiger partial charge on any atom is -0.387 e. The van der Waals surface area contributed by atoms with E-state index < -0.39 is 6.10 Å². The summed E-state index contributed by atoms with van der Waals surface area (Å²) >= 11 is 0. The normalized spacial score (nSPS) is 22.0. The van der Waals surface area contributed by atoms with E-state index in [-0.39, 0.29) is 5.82 Å². The zero-order valence-electron chi connectivity index (χ0n) is 6.55. The maximum absolute atomic E-state index is 12.7. The quantitative estimate of drug-likeness (QED) is 0.603. The van der Waals surface area contributed by atoms with Gasteiger partial charge in [-0.25, -0.2) is 4.39 Å². The Balaban J connectivity index is 2.47. The molecule has 12 heavy (non-hydrogen) atoms. The summed E-state index contributed by atoms with van der Waals surface area (Å²) in [6.07, 6.45) is -0.565. The molecule has 1 aliphatic heterocycles. The second-order valence-corrected chi connectivity index (χ2v) is 2.99. The number of halogens is 1. The molecular formula is C9H10FNO. The molecule has 2 N–H and O–H groups in total. The average molecular weight is 167 g/mol. The van der Waals surface area contributed by atoms with E-state index in [1.54, 1.807) is 6.07 Å². The molecule has 1 heterocycles. The van der Waals surface area contributed by atoms with Gasteiger partial charge in [0.25, 0.3) is 0 Å². The second-order valence-electron chi connectivity index (χ2n) is 2.99. The lowest BCUT2D eigenvalue weighted by atomic mass is 9.99. The van der Waals surface area contributed by atoms with Crippen molar-refractivity contribution >= 4 is 0 Å². The topological polar surface area (TPSA) is 32.3 Å². The van der Waals surface area contributed by atoms with Crippen LogP contribution in [0.15, 0.2) is 18.2 Å². The lowest BCUT2D eigenvalue weighted by Gasteiger charge is -2.21. The molecule has 0 aromatic heterocycles. The number of hydrogen-bond acceptors (Lipinski definition) is 2. The van der Waals surface area contributed by atoms with E-state index in [9.17, 15) is 9.50 Å². The summed E-state index contributed by atoms with van der Waals surface area (Å²) in [6.45, 7) is 1.23. The molecule has 64 valence electrons. The van der Waals surface area contributed by atoms with Crippen LogP contribution in [0.1, 0.15) is 17.2 Å². The van der Waals surface area contributed by atoms with E-state index in [1.807, 2.05) is 0 Å². The largest absolute Gasteiger partial charge is 0.387 e. The number of benzene rings is 1. The number of aliphatic hydroxyl groups excluding tert-OH is 1. The van der Waals surface area contributed by atoms with Crippen LogP contribution in [0.4, 0.5) is 4.39 Å². The molecule has 2 nitrogen and oxygen atoms in total. The van der Waals surface area contributed by atoms with Gasteiger partial charge in [0.1, 0.15) is 5.82 Å². The molecule has 1 aromatic rings. The molecule has 0 aliphatic carbocycles. The Hall–Kier alpha value is -0.930. The summed E-state index contributed by atoms with van der Waals surface area (Å²) in [7, 11) is 0. The monoisotopic (exact) mass is 167 g/mol. The summed E-state index contributed by atoms with van der Waals surface area (Å²) in [5.41, 5.74) is 1.70. The molecule has 0 amide bonds. The van der Waals surface area contributed by atoms with Crippen LogP contribution >= 0.6 is 0 Å². The summed E-state index contributed by atoms with van der Waals surface area (Å²) in [5.74, 6) is -0.283. The van der Waals surface area contributed by atoms with Gasteiger partial charge in [-0.3, -0.25) is 0 Å². The van der Waals surface area contributed by atoms with Crippen molar-refractivity contribution in [2.24, 2.45) is 0 Å². The standard InChI is InChI=1S/C9H10FNO/c10-7-2-1-6-4-11-5-9(12)8(6)3-7/h1-3,9,11-12H,4-5H2. The molecular weight excluding hydrogens is 157 g/mol. The maximum atomic E-state index is 12.7. The van der Waals surface area contributed by atoms with Gasteiger partial charge in [-0.2, -0.15) is 0 Å². The fourth-order valence-corrected chi connectivity index (χ4v) is 1.49. The van der Waals surface area contributed by atoms with E-state index in [0.29, 0.717) is 18.7 Å². The van der Waals surface area contributed by atoms with E-state index in [1.165, 1.54) is 12.1 Å². The first kappa shape index (κ1) is 7.71. The van der Waals surface area contributed by atoms with Crippen molar-refractivity contribution in [3.63, 3.8) is 0 Å². The van der Waals surface area contributed by atoms with Crippen molar-refractivity contribution in [2.75, 3.05) is 6.54 Å². The number of rotatable bonds is 0. The number of aliphatic hydroxyl groups is 1. The van der Waals surface area contributed by atoms with Crippen molar-refractivity contribution in [2.45, 2.75) is 12.6 Å². The van der Waals surface area contributed by atoms with Crippen LogP contribution in [0.3, 0.4) is 0 Å². The summed E-state index contributed by atoms with van der Waals surface area (Å²) < 4.78 is 12.7. The SMILES string of the molecule is OC1CNCc2ccc(F)cc21. The molecule has 0 saturated heterocycles. The fourth-order valence-electron chi connectivity index (χ4n) is 1.49. The van der Waals surface area contributed by atoms with E-state index in [0.717, 1.165) is 5.56 Å². The van der Waals surface area contributed by atoms with Gasteiger partial charge in [0.05, 0.1) is 6.10 Å². The van der Waals surface area contributed by atoms with Crippen LogP contribution in [0.25, 0.3) is 0 Å². The maximum Gasteiger partial charge on any atom is 0.123 e. The Morgan fingerprint density at radius 1 is 1.50 bits per heavy atom. The van der Waals surface area contributed by atoms with E-state index >= 15 is 0 Å². The highest BCUT2D eigenvalue weighted by Crippen LogP contribution is 2.22. The molecule has 3 heteroatoms. The molecule has 0 fully saturated rings. The first-order valence-electron chi connectivity index (χ1n) is 3.94. The predicted octanol–water partition coefficient (Wildman–Crippen LogP) is 0.962. The third kappa shape index (κ3) is 1.21. The Morgan fingerprint density at radius 2 is 2.33 bits per heavy atom. The summed E-state index contributed by atoms with van der Waals surface area (Å²) in [4.78, 5) is 0. The Kier molecular flexibility index (Phi) is 1.83. The predicted molar refractivity (Wildman–Crippen MR) is 43.1 cm³/mol. The lowest BCUT2D eigenvalue weighted by molar-refractivity contribution is 0.164. The van der Waals surface area contributed by atoms with Gasteiger partial charge < -0.3 is 10.4 Å². The smallest absolute Gasteiger partial charge is 0.123 e. The molecule has 1 aliphatic rings. The van der Waals surface area contributed by atoms with Crippen molar-refractivity contribution in [1.82, 2.24) is 5.32 Å². The minimum absolute atomic E-state index is 0.283. The third-order valence-corrected chi connectivity index (χ3v) is 2.12. The highest BCUT2D eigenvalue weighted by Gasteiger charge is 2.17. The first-order valence-corrected chi connectivity index (χ1v) is 3.94. The highest BCUT2D eigenvalue weighted by molar-refractivity contribution is 5.31. The summed E-state index contributed by atoms with van der Waals surface area (Å²) in [5, 5.41) is 12.5. The van der Waals surface area contributed by atoms with Gasteiger partial charge >= 0.3 is 0 Å². The van der Waals surface area contributed by atoms with Crippen LogP contribution in [-0.4, -0.2) is 11.7 Å². The molecule has 2 rings (SSSR count). The van der Waals surface area contributed by atoms with Crippen molar-refractivity contribution in [3.8, 4) is 0 Å². The van der Waals surface area contributed by atoms with Crippen molar-refractivity contribution in [1.29, 1.82) is 0 Å². The average Bonchev–Trinajstić information content (AvgIpc) is 2.07. The van der Waals surface area contributed by atoms with Crippen LogP contribution in [0.5, 0.6) is 0 Å². The van der Waals surface area contributed by atoms with Crippen LogP contribution in [-0.2, 0) is 6.54 Å². The number of nitrogens with one attached hydrogen (secondary N) is 1. The highest BCUT2D eigenvalue weighted by atomic mass is 19.1. The number of hydrogen-bond donors (Lipinski definition) is 2. The molecule has 0 spiro atoms. The molecule has 1 unspecified atom stereocenters. The van der Waals surface area contributed by atoms with Crippen molar-refractivity contribution in [3.05, 3.63) is 35.1 Å². The third-order valence-electron chi connectivity index (χ3n) is 2.12. The fraction of sp³-hybridized carbons (Fsp3) is 0.333. The zero-order valence-corrected chi connectivity index (χ0v) is 6.55. The van der Waals surface area contributed by atoms with Gasteiger partial charge in [-0.1, -0.05) is 6.07 Å². The first-order chi connectivity index (χ1) is 5.77.